The quantitative estimate of drug-likeness (QED) is 0.796. The normalized spacial score (nSPS) is 25.7. The van der Waals surface area contributed by atoms with Crippen molar-refractivity contribution in [1.82, 2.24) is 4.90 Å². The molecule has 0 bridgehead atoms. The van der Waals surface area contributed by atoms with E-state index in [1.165, 1.54) is 11.1 Å². The first-order valence-corrected chi connectivity index (χ1v) is 9.91. The summed E-state index contributed by atoms with van der Waals surface area (Å²) < 4.78 is 26.8. The van der Waals surface area contributed by atoms with E-state index >= 15 is 0 Å². The molecule has 0 aromatic heterocycles. The Labute approximate surface area is 133 Å². The van der Waals surface area contributed by atoms with Gasteiger partial charge in [-0.3, -0.25) is 4.31 Å². The van der Waals surface area contributed by atoms with Crippen LogP contribution in [-0.4, -0.2) is 44.7 Å². The molecule has 1 aromatic rings. The van der Waals surface area contributed by atoms with Gasteiger partial charge in [-0.1, -0.05) is 18.2 Å². The van der Waals surface area contributed by atoms with Gasteiger partial charge in [0.1, 0.15) is 0 Å². The molecule has 3 heterocycles. The molecule has 1 aromatic carbocycles. The second-order valence-corrected chi connectivity index (χ2v) is 9.31. The fraction of sp³-hybridized carbons (Fsp3) is 0.647. The molecule has 3 aliphatic rings. The SMILES string of the molecule is CC(C)N1CCC2(CC1)CN1c3c(cccc32)CCS1(=O)=O. The van der Waals surface area contributed by atoms with Crippen LogP contribution in [0.5, 0.6) is 0 Å². The van der Waals surface area contributed by atoms with Gasteiger partial charge in [-0.25, -0.2) is 8.42 Å². The number of rotatable bonds is 1. The Morgan fingerprint density at radius 1 is 1.18 bits per heavy atom. The highest BCUT2D eigenvalue weighted by molar-refractivity contribution is 7.92. The van der Waals surface area contributed by atoms with E-state index in [4.69, 9.17) is 0 Å². The summed E-state index contributed by atoms with van der Waals surface area (Å²) in [6.07, 6.45) is 2.79. The predicted octanol–water partition coefficient (Wildman–Crippen LogP) is 2.13. The molecule has 0 saturated carbocycles. The van der Waals surface area contributed by atoms with Gasteiger partial charge in [-0.2, -0.15) is 0 Å². The van der Waals surface area contributed by atoms with E-state index in [0.29, 0.717) is 19.0 Å². The molecule has 0 radical (unpaired) electrons. The largest absolute Gasteiger partial charge is 0.301 e. The summed E-state index contributed by atoms with van der Waals surface area (Å²) in [7, 11) is -3.12. The number of anilines is 1. The second-order valence-electron chi connectivity index (χ2n) is 7.30. The summed E-state index contributed by atoms with van der Waals surface area (Å²) in [5, 5.41) is 0. The Hall–Kier alpha value is -1.07. The smallest absolute Gasteiger partial charge is 0.235 e. The molecule has 1 spiro atoms. The Morgan fingerprint density at radius 3 is 2.59 bits per heavy atom. The minimum atomic E-state index is -3.12. The van der Waals surface area contributed by atoms with Crippen molar-refractivity contribution >= 4 is 15.7 Å². The first-order chi connectivity index (χ1) is 10.4. The lowest BCUT2D eigenvalue weighted by atomic mass is 9.74. The van der Waals surface area contributed by atoms with E-state index in [9.17, 15) is 8.42 Å². The van der Waals surface area contributed by atoms with E-state index in [-0.39, 0.29) is 11.2 Å². The highest BCUT2D eigenvalue weighted by Crippen LogP contribution is 2.51. The van der Waals surface area contributed by atoms with Crippen LogP contribution < -0.4 is 4.31 Å². The van der Waals surface area contributed by atoms with Crippen LogP contribution in [0.15, 0.2) is 18.2 Å². The molecule has 5 heteroatoms. The van der Waals surface area contributed by atoms with E-state index in [0.717, 1.165) is 31.6 Å². The number of benzene rings is 1. The summed E-state index contributed by atoms with van der Waals surface area (Å²) in [5.41, 5.74) is 3.56. The van der Waals surface area contributed by atoms with Crippen molar-refractivity contribution in [3.8, 4) is 0 Å². The lowest BCUT2D eigenvalue weighted by molar-refractivity contribution is 0.136. The zero-order valence-corrected chi connectivity index (χ0v) is 14.2. The molecule has 0 amide bonds. The lowest BCUT2D eigenvalue weighted by Gasteiger charge is -2.41. The zero-order valence-electron chi connectivity index (χ0n) is 13.4. The molecule has 0 atom stereocenters. The predicted molar refractivity (Wildman–Crippen MR) is 88.9 cm³/mol. The van der Waals surface area contributed by atoms with E-state index in [2.05, 4.69) is 36.9 Å². The van der Waals surface area contributed by atoms with E-state index in [1.54, 1.807) is 4.31 Å². The maximum Gasteiger partial charge on any atom is 0.235 e. The number of likely N-dealkylation sites (tertiary alicyclic amines) is 1. The van der Waals surface area contributed by atoms with Gasteiger partial charge in [0.15, 0.2) is 0 Å². The van der Waals surface area contributed by atoms with Gasteiger partial charge >= 0.3 is 0 Å². The van der Waals surface area contributed by atoms with Gasteiger partial charge < -0.3 is 4.90 Å². The van der Waals surface area contributed by atoms with Crippen molar-refractivity contribution < 1.29 is 8.42 Å². The number of fused-ring (bicyclic) bond motifs is 1. The Bertz CT molecular complexity index is 703. The highest BCUT2D eigenvalue weighted by atomic mass is 32.2. The van der Waals surface area contributed by atoms with Crippen LogP contribution in [0.2, 0.25) is 0 Å². The van der Waals surface area contributed by atoms with Crippen molar-refractivity contribution in [2.24, 2.45) is 0 Å². The number of hydrogen-bond acceptors (Lipinski definition) is 3. The molecule has 1 fully saturated rings. The van der Waals surface area contributed by atoms with Crippen molar-refractivity contribution in [3.63, 3.8) is 0 Å². The van der Waals surface area contributed by atoms with Crippen LogP contribution in [0.4, 0.5) is 5.69 Å². The summed E-state index contributed by atoms with van der Waals surface area (Å²) in [4.78, 5) is 2.51. The average molecular weight is 320 g/mol. The van der Waals surface area contributed by atoms with Crippen molar-refractivity contribution in [2.75, 3.05) is 29.7 Å². The molecule has 0 unspecified atom stereocenters. The lowest BCUT2D eigenvalue weighted by Crippen LogP contribution is -2.48. The van der Waals surface area contributed by atoms with Crippen LogP contribution >= 0.6 is 0 Å². The summed E-state index contributed by atoms with van der Waals surface area (Å²) >= 11 is 0. The Balaban J connectivity index is 1.76. The number of aryl methyl sites for hydroxylation is 1. The van der Waals surface area contributed by atoms with Crippen molar-refractivity contribution in [3.05, 3.63) is 29.3 Å². The van der Waals surface area contributed by atoms with Gasteiger partial charge in [-0.05, 0) is 57.3 Å². The van der Waals surface area contributed by atoms with E-state index < -0.39 is 10.0 Å². The van der Waals surface area contributed by atoms with Gasteiger partial charge in [0.25, 0.3) is 0 Å². The number of nitrogens with zero attached hydrogens (tertiary/aromatic N) is 2. The van der Waals surface area contributed by atoms with Gasteiger partial charge in [-0.15, -0.1) is 0 Å². The van der Waals surface area contributed by atoms with Crippen molar-refractivity contribution in [2.45, 2.75) is 44.6 Å². The highest BCUT2D eigenvalue weighted by Gasteiger charge is 2.49. The molecule has 3 aliphatic heterocycles. The summed E-state index contributed by atoms with van der Waals surface area (Å²) in [6, 6.07) is 6.96. The number of para-hydroxylation sites is 1. The molecule has 120 valence electrons. The van der Waals surface area contributed by atoms with Gasteiger partial charge in [0, 0.05) is 18.0 Å². The minimum Gasteiger partial charge on any atom is -0.301 e. The number of sulfonamides is 1. The molecule has 22 heavy (non-hydrogen) atoms. The topological polar surface area (TPSA) is 40.6 Å². The number of hydrogen-bond donors (Lipinski definition) is 0. The molecule has 1 saturated heterocycles. The first-order valence-electron chi connectivity index (χ1n) is 8.30. The molecular formula is C17H24N2O2S. The third-order valence-corrected chi connectivity index (χ3v) is 7.54. The zero-order chi connectivity index (χ0) is 15.5. The summed E-state index contributed by atoms with van der Waals surface area (Å²) in [5.74, 6) is 0.262. The maximum absolute atomic E-state index is 12.5. The van der Waals surface area contributed by atoms with Crippen LogP contribution in [0, 0.1) is 0 Å². The van der Waals surface area contributed by atoms with Crippen LogP contribution in [0.25, 0.3) is 0 Å². The molecule has 4 rings (SSSR count). The van der Waals surface area contributed by atoms with Crippen LogP contribution in [0.1, 0.15) is 37.8 Å². The van der Waals surface area contributed by atoms with Gasteiger partial charge in [0.05, 0.1) is 11.4 Å². The van der Waals surface area contributed by atoms with Gasteiger partial charge in [0.2, 0.25) is 10.0 Å². The Kier molecular flexibility index (Phi) is 3.11. The second kappa shape index (κ2) is 4.71. The third-order valence-electron chi connectivity index (χ3n) is 5.84. The fourth-order valence-electron chi connectivity index (χ4n) is 4.44. The maximum atomic E-state index is 12.5. The molecule has 4 nitrogen and oxygen atoms in total. The van der Waals surface area contributed by atoms with E-state index in [1.807, 2.05) is 0 Å². The number of piperidine rings is 1. The first kappa shape index (κ1) is 14.5. The Morgan fingerprint density at radius 2 is 1.91 bits per heavy atom. The monoisotopic (exact) mass is 320 g/mol. The summed E-state index contributed by atoms with van der Waals surface area (Å²) in [6.45, 7) is 7.27. The molecule has 0 N–H and O–H groups in total. The minimum absolute atomic E-state index is 0.0359. The molecular weight excluding hydrogens is 296 g/mol. The molecule has 0 aliphatic carbocycles. The van der Waals surface area contributed by atoms with Crippen LogP contribution in [-0.2, 0) is 21.9 Å². The third kappa shape index (κ3) is 1.95. The average Bonchev–Trinajstić information content (AvgIpc) is 2.81. The van der Waals surface area contributed by atoms with Crippen molar-refractivity contribution in [1.29, 1.82) is 0 Å². The fourth-order valence-corrected chi connectivity index (χ4v) is 6.07. The van der Waals surface area contributed by atoms with Crippen LogP contribution in [0.3, 0.4) is 0 Å². The standard InChI is InChI=1S/C17H24N2O2S/c1-13(2)18-9-7-17(8-10-18)12-19-16-14(4-3-5-15(16)17)6-11-22(19,20)21/h3-5,13H,6-12H2,1-2H3.